The smallest absolute Gasteiger partial charge is 0.408 e. The molecule has 0 aliphatic rings. The fraction of sp³-hybridized carbons (Fsp3) is 0.267. The fourth-order valence-corrected chi connectivity index (χ4v) is 3.38. The lowest BCUT2D eigenvalue weighted by molar-refractivity contribution is -0.116. The highest BCUT2D eigenvalue weighted by atomic mass is 32.1. The number of nitrogens with one attached hydrogen (secondary N) is 1. The number of carbonyl (C=O) groups excluding carboxylic acids is 1. The third kappa shape index (κ3) is 2.80. The molecular formula is C15H14N6O3S. The molecule has 0 aliphatic heterocycles. The molecular weight excluding hydrogens is 344 g/mol. The lowest BCUT2D eigenvalue weighted by Crippen LogP contribution is -2.12. The quantitative estimate of drug-likeness (QED) is 0.592. The molecule has 0 saturated heterocycles. The summed E-state index contributed by atoms with van der Waals surface area (Å²) in [6, 6.07) is 5.08. The summed E-state index contributed by atoms with van der Waals surface area (Å²) in [4.78, 5) is 24.4. The van der Waals surface area contributed by atoms with Crippen molar-refractivity contribution in [3.63, 3.8) is 0 Å². The molecule has 0 atom stereocenters. The Morgan fingerprint density at radius 1 is 1.36 bits per heavy atom. The molecule has 10 heteroatoms. The summed E-state index contributed by atoms with van der Waals surface area (Å²) in [7, 11) is 1.62. The van der Waals surface area contributed by atoms with Crippen LogP contribution >= 0.6 is 11.3 Å². The zero-order valence-electron chi connectivity index (χ0n) is 13.5. The average molecular weight is 358 g/mol. The molecule has 9 nitrogen and oxygen atoms in total. The van der Waals surface area contributed by atoms with Gasteiger partial charge < -0.3 is 9.73 Å². The van der Waals surface area contributed by atoms with Gasteiger partial charge in [-0.05, 0) is 25.1 Å². The Labute approximate surface area is 144 Å². The third-order valence-corrected chi connectivity index (χ3v) is 4.79. The maximum Gasteiger partial charge on any atom is 0.419 e. The molecule has 0 fully saturated rings. The lowest BCUT2D eigenvalue weighted by Gasteiger charge is -2.04. The molecule has 25 heavy (non-hydrogen) atoms. The minimum absolute atomic E-state index is 0.129. The number of aryl methyl sites for hydroxylation is 3. The summed E-state index contributed by atoms with van der Waals surface area (Å²) in [5.74, 6) is 0.161. The molecule has 0 radical (unpaired) electrons. The first-order valence-electron chi connectivity index (χ1n) is 7.58. The van der Waals surface area contributed by atoms with Crippen LogP contribution in [0.1, 0.15) is 17.3 Å². The van der Waals surface area contributed by atoms with E-state index in [1.54, 1.807) is 29.8 Å². The summed E-state index contributed by atoms with van der Waals surface area (Å²) >= 11 is 1.42. The summed E-state index contributed by atoms with van der Waals surface area (Å²) in [5.41, 5.74) is 1.73. The van der Waals surface area contributed by atoms with Gasteiger partial charge in [0.25, 0.3) is 0 Å². The van der Waals surface area contributed by atoms with E-state index in [0.29, 0.717) is 29.6 Å². The molecule has 0 saturated carbocycles. The highest BCUT2D eigenvalue weighted by molar-refractivity contribution is 7.16. The topological polar surface area (TPSA) is 107 Å². The third-order valence-electron chi connectivity index (χ3n) is 3.83. The summed E-state index contributed by atoms with van der Waals surface area (Å²) < 4.78 is 8.14. The van der Waals surface area contributed by atoms with E-state index in [-0.39, 0.29) is 5.91 Å². The predicted molar refractivity (Wildman–Crippen MR) is 91.8 cm³/mol. The van der Waals surface area contributed by atoms with Crippen LogP contribution in [-0.2, 0) is 18.3 Å². The number of hydrogen-bond donors (Lipinski definition) is 1. The molecule has 0 aliphatic carbocycles. The van der Waals surface area contributed by atoms with Gasteiger partial charge in [0.2, 0.25) is 10.9 Å². The summed E-state index contributed by atoms with van der Waals surface area (Å²) in [5, 5.41) is 16.0. The van der Waals surface area contributed by atoms with Crippen molar-refractivity contribution in [2.75, 3.05) is 5.32 Å². The van der Waals surface area contributed by atoms with E-state index in [2.05, 4.69) is 20.6 Å². The van der Waals surface area contributed by atoms with Gasteiger partial charge in [0.1, 0.15) is 5.01 Å². The van der Waals surface area contributed by atoms with E-state index in [1.807, 2.05) is 6.92 Å². The zero-order chi connectivity index (χ0) is 17.6. The highest BCUT2D eigenvalue weighted by Crippen LogP contribution is 2.19. The van der Waals surface area contributed by atoms with E-state index >= 15 is 0 Å². The van der Waals surface area contributed by atoms with Gasteiger partial charge in [0.15, 0.2) is 11.4 Å². The first kappa shape index (κ1) is 15.5. The second-order valence-electron chi connectivity index (χ2n) is 5.60. The molecule has 1 amide bonds. The molecule has 0 unspecified atom stereocenters. The Kier molecular flexibility index (Phi) is 3.61. The second-order valence-corrected chi connectivity index (χ2v) is 6.64. The molecule has 4 aromatic rings. The molecule has 3 heterocycles. The number of aromatic nitrogens is 5. The van der Waals surface area contributed by atoms with E-state index in [4.69, 9.17) is 4.42 Å². The number of hydrogen-bond acceptors (Lipinski definition) is 7. The Bertz CT molecular complexity index is 1150. The maximum absolute atomic E-state index is 12.2. The second kappa shape index (κ2) is 5.81. The van der Waals surface area contributed by atoms with Crippen molar-refractivity contribution >= 4 is 39.0 Å². The standard InChI is InChI=1S/C15H14N6O3S/c1-8-17-18-14-21(8)19-13(25-14)6-5-12(22)16-9-3-4-11-10(7-9)20(2)15(23)24-11/h3-4,7H,5-6H2,1-2H3,(H,16,22). The molecule has 1 N–H and O–H groups in total. The highest BCUT2D eigenvalue weighted by Gasteiger charge is 2.12. The van der Waals surface area contributed by atoms with Gasteiger partial charge in [-0.1, -0.05) is 11.3 Å². The number of benzene rings is 1. The van der Waals surface area contributed by atoms with Crippen LogP contribution in [0.15, 0.2) is 27.4 Å². The molecule has 0 spiro atoms. The number of fused-ring (bicyclic) bond motifs is 2. The zero-order valence-corrected chi connectivity index (χ0v) is 14.3. The van der Waals surface area contributed by atoms with Gasteiger partial charge >= 0.3 is 5.76 Å². The van der Waals surface area contributed by atoms with Crippen molar-refractivity contribution in [1.82, 2.24) is 24.4 Å². The van der Waals surface area contributed by atoms with Crippen LogP contribution in [-0.4, -0.2) is 30.3 Å². The Balaban J connectivity index is 1.44. The van der Waals surface area contributed by atoms with Gasteiger partial charge in [0.05, 0.1) is 5.52 Å². The van der Waals surface area contributed by atoms with Crippen LogP contribution in [0, 0.1) is 6.92 Å². The Hall–Kier alpha value is -3.01. The first-order valence-corrected chi connectivity index (χ1v) is 8.40. The van der Waals surface area contributed by atoms with Crippen molar-refractivity contribution in [2.24, 2.45) is 7.05 Å². The largest absolute Gasteiger partial charge is 0.419 e. The average Bonchev–Trinajstić information content (AvgIpc) is 3.23. The van der Waals surface area contributed by atoms with E-state index in [0.717, 1.165) is 15.8 Å². The number of nitrogens with zero attached hydrogens (tertiary/aromatic N) is 5. The number of oxazole rings is 1. The van der Waals surface area contributed by atoms with Crippen LogP contribution in [0.3, 0.4) is 0 Å². The van der Waals surface area contributed by atoms with Gasteiger partial charge in [-0.25, -0.2) is 4.79 Å². The van der Waals surface area contributed by atoms with Crippen LogP contribution in [0.4, 0.5) is 5.69 Å². The minimum Gasteiger partial charge on any atom is -0.408 e. The van der Waals surface area contributed by atoms with Crippen LogP contribution in [0.2, 0.25) is 0 Å². The van der Waals surface area contributed by atoms with Gasteiger partial charge in [-0.3, -0.25) is 9.36 Å². The van der Waals surface area contributed by atoms with Crippen LogP contribution in [0.5, 0.6) is 0 Å². The lowest BCUT2D eigenvalue weighted by atomic mass is 10.2. The normalized spacial score (nSPS) is 11.4. The fourth-order valence-electron chi connectivity index (χ4n) is 2.50. The number of carbonyl (C=O) groups is 1. The Morgan fingerprint density at radius 2 is 2.20 bits per heavy atom. The van der Waals surface area contributed by atoms with Crippen molar-refractivity contribution in [3.8, 4) is 0 Å². The monoisotopic (exact) mass is 358 g/mol. The SMILES string of the molecule is Cc1nnc2sc(CCC(=O)Nc3ccc4oc(=O)n(C)c4c3)nn12. The summed E-state index contributed by atoms with van der Waals surface area (Å²) in [6.45, 7) is 1.83. The molecule has 3 aromatic heterocycles. The van der Waals surface area contributed by atoms with Crippen molar-refractivity contribution in [1.29, 1.82) is 0 Å². The minimum atomic E-state index is -0.433. The summed E-state index contributed by atoms with van der Waals surface area (Å²) in [6.07, 6.45) is 0.817. The van der Waals surface area contributed by atoms with E-state index in [9.17, 15) is 9.59 Å². The van der Waals surface area contributed by atoms with Crippen molar-refractivity contribution < 1.29 is 9.21 Å². The van der Waals surface area contributed by atoms with Gasteiger partial charge in [-0.2, -0.15) is 9.61 Å². The van der Waals surface area contributed by atoms with Crippen molar-refractivity contribution in [2.45, 2.75) is 19.8 Å². The van der Waals surface area contributed by atoms with Crippen LogP contribution < -0.4 is 11.1 Å². The number of rotatable bonds is 4. The van der Waals surface area contributed by atoms with Gasteiger partial charge in [0, 0.05) is 25.6 Å². The van der Waals surface area contributed by atoms with E-state index in [1.165, 1.54) is 15.9 Å². The maximum atomic E-state index is 12.2. The van der Waals surface area contributed by atoms with Crippen LogP contribution in [0.25, 0.3) is 16.1 Å². The molecule has 4 rings (SSSR count). The van der Waals surface area contributed by atoms with Crippen molar-refractivity contribution in [3.05, 3.63) is 39.6 Å². The molecule has 0 bridgehead atoms. The Morgan fingerprint density at radius 3 is 3.00 bits per heavy atom. The number of anilines is 1. The number of amides is 1. The molecule has 1 aromatic carbocycles. The van der Waals surface area contributed by atoms with Gasteiger partial charge in [-0.15, -0.1) is 10.2 Å². The van der Waals surface area contributed by atoms with E-state index < -0.39 is 5.76 Å². The first-order chi connectivity index (χ1) is 12.0. The predicted octanol–water partition coefficient (Wildman–Crippen LogP) is 1.51. The molecule has 128 valence electrons.